The summed E-state index contributed by atoms with van der Waals surface area (Å²) in [6, 6.07) is 0. The fourth-order valence-corrected chi connectivity index (χ4v) is 3.21. The van der Waals surface area contributed by atoms with Gasteiger partial charge >= 0.3 is 0 Å². The Morgan fingerprint density at radius 1 is 1.32 bits per heavy atom. The van der Waals surface area contributed by atoms with Crippen LogP contribution in [0.3, 0.4) is 0 Å². The maximum absolute atomic E-state index is 5.44. The molecule has 1 fully saturated rings. The second-order valence-electron chi connectivity index (χ2n) is 6.13. The number of hydrazine groups is 1. The molecular weight excluding hydrogens is 306 g/mol. The standard InChI is InChI=1S/C13H22BrN5/c1-13(2,3)9-4-6-19(7-5-9)12-10(14)11(18-15)16-8-17-12/h8-9H,4-7,15H2,1-3H3,(H,16,17,18). The van der Waals surface area contributed by atoms with Crippen molar-refractivity contribution in [3.8, 4) is 0 Å². The summed E-state index contributed by atoms with van der Waals surface area (Å²) in [5.41, 5.74) is 2.97. The molecule has 0 aromatic carbocycles. The lowest BCUT2D eigenvalue weighted by atomic mass is 9.75. The van der Waals surface area contributed by atoms with Crippen molar-refractivity contribution in [2.75, 3.05) is 23.4 Å². The number of hydrogen-bond acceptors (Lipinski definition) is 5. The minimum Gasteiger partial charge on any atom is -0.355 e. The Bertz CT molecular complexity index is 435. The van der Waals surface area contributed by atoms with Crippen LogP contribution >= 0.6 is 15.9 Å². The predicted octanol–water partition coefficient (Wildman–Crippen LogP) is 2.79. The fraction of sp³-hybridized carbons (Fsp3) is 0.692. The van der Waals surface area contributed by atoms with E-state index >= 15 is 0 Å². The van der Waals surface area contributed by atoms with Crippen molar-refractivity contribution in [1.82, 2.24) is 9.97 Å². The third kappa shape index (κ3) is 3.17. The number of nitrogens with zero attached hydrogens (tertiary/aromatic N) is 3. The van der Waals surface area contributed by atoms with Crippen molar-refractivity contribution in [1.29, 1.82) is 0 Å². The van der Waals surface area contributed by atoms with Crippen molar-refractivity contribution < 1.29 is 0 Å². The van der Waals surface area contributed by atoms with Crippen LogP contribution in [0, 0.1) is 11.3 Å². The van der Waals surface area contributed by atoms with Crippen molar-refractivity contribution in [2.45, 2.75) is 33.6 Å². The number of anilines is 2. The van der Waals surface area contributed by atoms with Crippen LogP contribution in [0.2, 0.25) is 0 Å². The lowest BCUT2D eigenvalue weighted by Crippen LogP contribution is -2.38. The Labute approximate surface area is 123 Å². The summed E-state index contributed by atoms with van der Waals surface area (Å²) >= 11 is 3.52. The van der Waals surface area contributed by atoms with Crippen LogP contribution in [0.1, 0.15) is 33.6 Å². The second-order valence-corrected chi connectivity index (χ2v) is 6.92. The van der Waals surface area contributed by atoms with Crippen LogP contribution in [0.15, 0.2) is 10.8 Å². The minimum atomic E-state index is 0.388. The van der Waals surface area contributed by atoms with Crippen LogP contribution in [-0.2, 0) is 0 Å². The molecule has 5 nitrogen and oxygen atoms in total. The Morgan fingerprint density at radius 3 is 2.47 bits per heavy atom. The average molecular weight is 328 g/mol. The van der Waals surface area contributed by atoms with Gasteiger partial charge in [-0.05, 0) is 40.1 Å². The molecule has 0 spiro atoms. The molecule has 0 saturated carbocycles. The van der Waals surface area contributed by atoms with E-state index < -0.39 is 0 Å². The molecule has 106 valence electrons. The summed E-state index contributed by atoms with van der Waals surface area (Å²) in [5.74, 6) is 7.77. The Morgan fingerprint density at radius 2 is 1.95 bits per heavy atom. The first-order valence-corrected chi connectivity index (χ1v) is 7.45. The SMILES string of the molecule is CC(C)(C)C1CCN(c2ncnc(NN)c2Br)CC1. The van der Waals surface area contributed by atoms with Gasteiger partial charge in [-0.25, -0.2) is 15.8 Å². The van der Waals surface area contributed by atoms with Gasteiger partial charge in [-0.1, -0.05) is 20.8 Å². The zero-order valence-corrected chi connectivity index (χ0v) is 13.4. The van der Waals surface area contributed by atoms with Gasteiger partial charge in [0.1, 0.15) is 16.6 Å². The molecule has 2 heterocycles. The number of aromatic nitrogens is 2. The van der Waals surface area contributed by atoms with Crippen LogP contribution in [-0.4, -0.2) is 23.1 Å². The van der Waals surface area contributed by atoms with E-state index in [0.717, 1.165) is 29.3 Å². The maximum Gasteiger partial charge on any atom is 0.159 e. The van der Waals surface area contributed by atoms with Gasteiger partial charge in [0.05, 0.1) is 0 Å². The van der Waals surface area contributed by atoms with Crippen LogP contribution in [0.5, 0.6) is 0 Å². The minimum absolute atomic E-state index is 0.388. The molecule has 1 aromatic heterocycles. The zero-order valence-electron chi connectivity index (χ0n) is 11.8. The molecule has 1 aliphatic rings. The van der Waals surface area contributed by atoms with Gasteiger partial charge in [0.25, 0.3) is 0 Å². The van der Waals surface area contributed by atoms with Crippen LogP contribution in [0.25, 0.3) is 0 Å². The molecule has 0 bridgehead atoms. The first-order valence-electron chi connectivity index (χ1n) is 6.65. The summed E-state index contributed by atoms with van der Waals surface area (Å²) in [6.07, 6.45) is 3.95. The van der Waals surface area contributed by atoms with Gasteiger partial charge in [-0.3, -0.25) is 0 Å². The first-order chi connectivity index (χ1) is 8.93. The Kier molecular flexibility index (Phi) is 4.30. The van der Waals surface area contributed by atoms with Crippen molar-refractivity contribution >= 4 is 27.6 Å². The van der Waals surface area contributed by atoms with Crippen LogP contribution < -0.4 is 16.2 Å². The molecular formula is C13H22BrN5. The molecule has 19 heavy (non-hydrogen) atoms. The number of halogens is 1. The van der Waals surface area contributed by atoms with E-state index in [4.69, 9.17) is 5.84 Å². The van der Waals surface area contributed by atoms with E-state index in [9.17, 15) is 0 Å². The molecule has 0 unspecified atom stereocenters. The van der Waals surface area contributed by atoms with Gasteiger partial charge in [0.2, 0.25) is 0 Å². The molecule has 0 amide bonds. The first kappa shape index (κ1) is 14.5. The highest BCUT2D eigenvalue weighted by Gasteiger charge is 2.30. The van der Waals surface area contributed by atoms with Crippen LogP contribution in [0.4, 0.5) is 11.6 Å². The van der Waals surface area contributed by atoms with E-state index in [1.54, 1.807) is 6.33 Å². The quantitative estimate of drug-likeness (QED) is 0.645. The fourth-order valence-electron chi connectivity index (χ4n) is 2.64. The highest BCUT2D eigenvalue weighted by Crippen LogP contribution is 2.37. The van der Waals surface area contributed by atoms with E-state index in [2.05, 4.69) is 57.0 Å². The third-order valence-electron chi connectivity index (χ3n) is 3.93. The molecule has 1 aromatic rings. The highest BCUT2D eigenvalue weighted by atomic mass is 79.9. The largest absolute Gasteiger partial charge is 0.355 e. The van der Waals surface area contributed by atoms with E-state index in [0.29, 0.717) is 11.2 Å². The molecule has 0 radical (unpaired) electrons. The summed E-state index contributed by atoms with van der Waals surface area (Å²) in [4.78, 5) is 10.8. The predicted molar refractivity (Wildman–Crippen MR) is 81.9 cm³/mol. The molecule has 0 atom stereocenters. The molecule has 6 heteroatoms. The number of hydrogen-bond donors (Lipinski definition) is 2. The van der Waals surface area contributed by atoms with E-state index in [-0.39, 0.29) is 0 Å². The third-order valence-corrected chi connectivity index (χ3v) is 4.66. The van der Waals surface area contributed by atoms with E-state index in [1.807, 2.05) is 0 Å². The lowest BCUT2D eigenvalue weighted by molar-refractivity contribution is 0.198. The number of nitrogens with two attached hydrogens (primary N) is 1. The smallest absolute Gasteiger partial charge is 0.159 e. The summed E-state index contributed by atoms with van der Waals surface area (Å²) in [7, 11) is 0. The van der Waals surface area contributed by atoms with Gasteiger partial charge in [0, 0.05) is 13.1 Å². The monoisotopic (exact) mass is 327 g/mol. The average Bonchev–Trinajstić information content (AvgIpc) is 2.38. The van der Waals surface area contributed by atoms with E-state index in [1.165, 1.54) is 12.8 Å². The molecule has 1 aliphatic heterocycles. The summed E-state index contributed by atoms with van der Waals surface area (Å²) in [5, 5.41) is 0. The lowest BCUT2D eigenvalue weighted by Gasteiger charge is -2.39. The Hall–Kier alpha value is -0.880. The summed E-state index contributed by atoms with van der Waals surface area (Å²) in [6.45, 7) is 9.03. The zero-order chi connectivity index (χ0) is 14.0. The van der Waals surface area contributed by atoms with Crippen molar-refractivity contribution in [3.05, 3.63) is 10.8 Å². The number of nitrogens with one attached hydrogen (secondary N) is 1. The topological polar surface area (TPSA) is 67.1 Å². The molecule has 0 aliphatic carbocycles. The van der Waals surface area contributed by atoms with Gasteiger partial charge in [-0.2, -0.15) is 0 Å². The number of piperidine rings is 1. The molecule has 2 rings (SSSR count). The Balaban J connectivity index is 2.10. The van der Waals surface area contributed by atoms with Gasteiger partial charge in [-0.15, -0.1) is 0 Å². The molecule has 3 N–H and O–H groups in total. The second kappa shape index (κ2) is 5.63. The summed E-state index contributed by atoms with van der Waals surface area (Å²) < 4.78 is 0.840. The van der Waals surface area contributed by atoms with Crippen molar-refractivity contribution in [3.63, 3.8) is 0 Å². The number of nitrogen functional groups attached to an aromatic ring is 1. The van der Waals surface area contributed by atoms with Gasteiger partial charge < -0.3 is 10.3 Å². The van der Waals surface area contributed by atoms with Gasteiger partial charge in [0.15, 0.2) is 5.82 Å². The van der Waals surface area contributed by atoms with Crippen molar-refractivity contribution in [2.24, 2.45) is 17.2 Å². The molecule has 1 saturated heterocycles. The normalized spacial score (nSPS) is 17.6. The highest BCUT2D eigenvalue weighted by molar-refractivity contribution is 9.10. The number of rotatable bonds is 2. The maximum atomic E-state index is 5.44.